The third kappa shape index (κ3) is 6.24. The average molecular weight is 469 g/mol. The van der Waals surface area contributed by atoms with Crippen molar-refractivity contribution in [3.8, 4) is 5.69 Å². The van der Waals surface area contributed by atoms with Gasteiger partial charge in [-0.05, 0) is 29.8 Å². The summed E-state index contributed by atoms with van der Waals surface area (Å²) in [6, 6.07) is 11.5. The number of benzene rings is 2. The molecule has 0 atom stereocenters. The van der Waals surface area contributed by atoms with Gasteiger partial charge in [0.05, 0.1) is 18.9 Å². The summed E-state index contributed by atoms with van der Waals surface area (Å²) < 4.78 is 33.5. The first kappa shape index (κ1) is 23.5. The molecule has 4 rings (SSSR count). The molecule has 0 saturated carbocycles. The summed E-state index contributed by atoms with van der Waals surface area (Å²) in [6.45, 7) is 4.40. The number of ether oxygens (including phenoxy) is 1. The monoisotopic (exact) mass is 469 g/mol. The van der Waals surface area contributed by atoms with Crippen molar-refractivity contribution >= 4 is 11.7 Å². The summed E-state index contributed by atoms with van der Waals surface area (Å²) in [5.41, 5.74) is 1.60. The van der Waals surface area contributed by atoms with Crippen LogP contribution in [0.15, 0.2) is 59.5 Å². The Kier molecular flexibility index (Phi) is 7.61. The van der Waals surface area contributed by atoms with E-state index in [9.17, 15) is 18.4 Å². The van der Waals surface area contributed by atoms with Crippen molar-refractivity contribution in [2.75, 3.05) is 44.7 Å². The van der Waals surface area contributed by atoms with Gasteiger partial charge in [-0.2, -0.15) is 5.10 Å². The number of amides is 2. The second kappa shape index (κ2) is 11.0. The van der Waals surface area contributed by atoms with Gasteiger partial charge in [0.2, 0.25) is 5.43 Å². The van der Waals surface area contributed by atoms with Gasteiger partial charge in [-0.25, -0.2) is 18.3 Å². The number of anilines is 1. The first-order valence-electron chi connectivity index (χ1n) is 11.0. The summed E-state index contributed by atoms with van der Waals surface area (Å²) in [6.07, 6.45) is 1.61. The number of carbonyl (C=O) groups excluding carboxylic acids is 1. The van der Waals surface area contributed by atoms with Crippen LogP contribution in [0.2, 0.25) is 0 Å². The molecule has 1 aliphatic rings. The van der Waals surface area contributed by atoms with Gasteiger partial charge in [0, 0.05) is 56.6 Å². The number of nitrogens with one attached hydrogen (secondary N) is 2. The molecule has 178 valence electrons. The summed E-state index contributed by atoms with van der Waals surface area (Å²) in [5, 5.41) is 9.92. The molecule has 3 aromatic rings. The van der Waals surface area contributed by atoms with Gasteiger partial charge < -0.3 is 15.4 Å². The molecule has 2 amide bonds. The predicted octanol–water partition coefficient (Wildman–Crippen LogP) is 2.56. The van der Waals surface area contributed by atoms with Crippen LogP contribution in [0.3, 0.4) is 0 Å². The standard InChI is InChI=1S/C24H25F2N5O3/c25-20-5-4-19(16-21(20)26)31-8-6-23(32)22(29-31)15-17-2-1-3-18(14-17)28-24(33)27-7-9-30-10-12-34-13-11-30/h1-6,8,14,16H,7,9-13,15H2,(H2,27,28,33). The SMILES string of the molecule is O=C(NCCN1CCOCC1)Nc1cccc(Cc2nn(-c3ccc(F)c(F)c3)ccc2=O)c1. The molecule has 2 aromatic carbocycles. The average Bonchev–Trinajstić information content (AvgIpc) is 2.83. The molecule has 0 spiro atoms. The molecule has 34 heavy (non-hydrogen) atoms. The molecule has 1 saturated heterocycles. The van der Waals surface area contributed by atoms with Crippen LogP contribution < -0.4 is 16.1 Å². The Morgan fingerprint density at radius 2 is 1.88 bits per heavy atom. The highest BCUT2D eigenvalue weighted by molar-refractivity contribution is 5.89. The maximum atomic E-state index is 13.6. The summed E-state index contributed by atoms with van der Waals surface area (Å²) in [7, 11) is 0. The molecule has 0 unspecified atom stereocenters. The quantitative estimate of drug-likeness (QED) is 0.555. The normalized spacial score (nSPS) is 14.1. The number of nitrogens with zero attached hydrogens (tertiary/aromatic N) is 3. The van der Waals surface area contributed by atoms with E-state index < -0.39 is 11.6 Å². The van der Waals surface area contributed by atoms with E-state index in [1.165, 1.54) is 23.0 Å². The summed E-state index contributed by atoms with van der Waals surface area (Å²) >= 11 is 0. The van der Waals surface area contributed by atoms with E-state index in [1.54, 1.807) is 18.2 Å². The molecule has 1 aromatic heterocycles. The molecular weight excluding hydrogens is 444 g/mol. The van der Waals surface area contributed by atoms with Crippen LogP contribution in [0.1, 0.15) is 11.3 Å². The minimum absolute atomic E-state index is 0.206. The minimum Gasteiger partial charge on any atom is -0.379 e. The third-order valence-corrected chi connectivity index (χ3v) is 5.42. The highest BCUT2D eigenvalue weighted by atomic mass is 19.2. The Bertz CT molecular complexity index is 1210. The predicted molar refractivity (Wildman–Crippen MR) is 123 cm³/mol. The summed E-state index contributed by atoms with van der Waals surface area (Å²) in [4.78, 5) is 26.8. The molecule has 10 heteroatoms. The number of hydrogen-bond acceptors (Lipinski definition) is 5. The molecule has 0 radical (unpaired) electrons. The second-order valence-electron chi connectivity index (χ2n) is 7.88. The van der Waals surface area contributed by atoms with Gasteiger partial charge >= 0.3 is 6.03 Å². The maximum Gasteiger partial charge on any atom is 0.319 e. The highest BCUT2D eigenvalue weighted by Crippen LogP contribution is 2.15. The van der Waals surface area contributed by atoms with E-state index in [2.05, 4.69) is 20.6 Å². The first-order valence-corrected chi connectivity index (χ1v) is 11.0. The highest BCUT2D eigenvalue weighted by Gasteiger charge is 2.11. The Morgan fingerprint density at radius 3 is 2.68 bits per heavy atom. The van der Waals surface area contributed by atoms with Crippen molar-refractivity contribution < 1.29 is 18.3 Å². The van der Waals surface area contributed by atoms with Crippen LogP contribution in [0, 0.1) is 11.6 Å². The van der Waals surface area contributed by atoms with E-state index in [1.807, 2.05) is 6.07 Å². The molecule has 1 aliphatic heterocycles. The molecule has 0 aliphatic carbocycles. The molecule has 8 nitrogen and oxygen atoms in total. The zero-order valence-corrected chi connectivity index (χ0v) is 18.5. The molecular formula is C24H25F2N5O3. The third-order valence-electron chi connectivity index (χ3n) is 5.42. The Balaban J connectivity index is 1.38. The van der Waals surface area contributed by atoms with Gasteiger partial charge in [-0.3, -0.25) is 9.69 Å². The lowest BCUT2D eigenvalue weighted by Gasteiger charge is -2.26. The van der Waals surface area contributed by atoms with Crippen molar-refractivity contribution in [1.82, 2.24) is 20.0 Å². The van der Waals surface area contributed by atoms with E-state index in [-0.39, 0.29) is 23.6 Å². The molecule has 2 N–H and O–H groups in total. The van der Waals surface area contributed by atoms with Crippen LogP contribution in [-0.2, 0) is 11.2 Å². The van der Waals surface area contributed by atoms with Gasteiger partial charge in [0.25, 0.3) is 0 Å². The zero-order chi connectivity index (χ0) is 23.9. The molecule has 0 bridgehead atoms. The fourth-order valence-electron chi connectivity index (χ4n) is 3.62. The first-order chi connectivity index (χ1) is 16.5. The fourth-order valence-corrected chi connectivity index (χ4v) is 3.62. The number of halogens is 2. The number of aromatic nitrogens is 2. The smallest absolute Gasteiger partial charge is 0.319 e. The van der Waals surface area contributed by atoms with E-state index >= 15 is 0 Å². The number of urea groups is 1. The summed E-state index contributed by atoms with van der Waals surface area (Å²) in [5.74, 6) is -1.96. The van der Waals surface area contributed by atoms with Crippen LogP contribution in [0.5, 0.6) is 0 Å². The molecule has 1 fully saturated rings. The number of morpholine rings is 1. The van der Waals surface area contributed by atoms with E-state index in [0.717, 1.165) is 37.3 Å². The maximum absolute atomic E-state index is 13.6. The van der Waals surface area contributed by atoms with Gasteiger partial charge in [0.15, 0.2) is 11.6 Å². The van der Waals surface area contributed by atoms with Gasteiger partial charge in [-0.1, -0.05) is 12.1 Å². The Morgan fingerprint density at radius 1 is 1.06 bits per heavy atom. The molecule has 2 heterocycles. The van der Waals surface area contributed by atoms with Crippen LogP contribution in [-0.4, -0.2) is 60.1 Å². The zero-order valence-electron chi connectivity index (χ0n) is 18.5. The minimum atomic E-state index is -0.999. The van der Waals surface area contributed by atoms with E-state index in [0.29, 0.717) is 31.1 Å². The van der Waals surface area contributed by atoms with Crippen LogP contribution in [0.4, 0.5) is 19.3 Å². The van der Waals surface area contributed by atoms with E-state index in [4.69, 9.17) is 4.74 Å². The van der Waals surface area contributed by atoms with Crippen molar-refractivity contribution in [1.29, 1.82) is 0 Å². The topological polar surface area (TPSA) is 88.5 Å². The lowest BCUT2D eigenvalue weighted by molar-refractivity contribution is 0.0388. The lowest BCUT2D eigenvalue weighted by Crippen LogP contribution is -2.42. The number of hydrogen-bond donors (Lipinski definition) is 2. The lowest BCUT2D eigenvalue weighted by atomic mass is 10.1. The van der Waals surface area contributed by atoms with Crippen LogP contribution in [0.25, 0.3) is 5.69 Å². The van der Waals surface area contributed by atoms with Crippen LogP contribution >= 0.6 is 0 Å². The fraction of sp³-hybridized carbons (Fsp3) is 0.292. The van der Waals surface area contributed by atoms with Crippen molar-refractivity contribution in [3.63, 3.8) is 0 Å². The largest absolute Gasteiger partial charge is 0.379 e. The number of carbonyl (C=O) groups is 1. The van der Waals surface area contributed by atoms with Crippen molar-refractivity contribution in [2.24, 2.45) is 0 Å². The van der Waals surface area contributed by atoms with Crippen molar-refractivity contribution in [2.45, 2.75) is 6.42 Å². The van der Waals surface area contributed by atoms with Gasteiger partial charge in [-0.15, -0.1) is 0 Å². The number of rotatable bonds is 7. The Hall–Kier alpha value is -3.63. The van der Waals surface area contributed by atoms with Gasteiger partial charge in [0.1, 0.15) is 5.69 Å². The second-order valence-corrected chi connectivity index (χ2v) is 7.88. The Labute approximate surface area is 195 Å². The van der Waals surface area contributed by atoms with Crippen molar-refractivity contribution in [3.05, 3.63) is 87.8 Å².